The third-order valence-corrected chi connectivity index (χ3v) is 3.11. The van der Waals surface area contributed by atoms with Crippen LogP contribution in [0.4, 0.5) is 0 Å². The Kier molecular flexibility index (Phi) is 6.00. The van der Waals surface area contributed by atoms with E-state index in [2.05, 4.69) is 10.3 Å². The van der Waals surface area contributed by atoms with E-state index in [1.807, 2.05) is 42.5 Å². The monoisotopic (exact) mass is 306 g/mol. The summed E-state index contributed by atoms with van der Waals surface area (Å²) in [4.78, 5) is 27.8. The molecule has 1 N–H and O–H groups in total. The first kappa shape index (κ1) is 16.4. The maximum absolute atomic E-state index is 12.1. The molecule has 1 aromatic carbocycles. The van der Waals surface area contributed by atoms with E-state index in [0.717, 1.165) is 5.56 Å². The molecule has 1 amide bonds. The van der Waals surface area contributed by atoms with Gasteiger partial charge in [-0.1, -0.05) is 48.6 Å². The highest BCUT2D eigenvalue weighted by atomic mass is 16.2. The average molecular weight is 306 g/mol. The molecule has 0 fully saturated rings. The number of hydrogen-bond acceptors (Lipinski definition) is 3. The van der Waals surface area contributed by atoms with Crippen molar-refractivity contribution in [1.82, 2.24) is 10.3 Å². The summed E-state index contributed by atoms with van der Waals surface area (Å²) in [5.74, 6) is -0.669. The van der Waals surface area contributed by atoms with Crippen LogP contribution in [0.5, 0.6) is 0 Å². The van der Waals surface area contributed by atoms with Gasteiger partial charge in [0.15, 0.2) is 5.78 Å². The maximum atomic E-state index is 12.1. The predicted molar refractivity (Wildman–Crippen MR) is 91.4 cm³/mol. The third-order valence-electron chi connectivity index (χ3n) is 3.11. The fraction of sp³-hybridized carbons (Fsp3) is 0.105. The van der Waals surface area contributed by atoms with Crippen molar-refractivity contribution in [2.24, 2.45) is 0 Å². The Morgan fingerprint density at radius 1 is 1.09 bits per heavy atom. The van der Waals surface area contributed by atoms with Crippen molar-refractivity contribution >= 4 is 23.8 Å². The van der Waals surface area contributed by atoms with E-state index in [-0.39, 0.29) is 17.3 Å². The second-order valence-corrected chi connectivity index (χ2v) is 4.92. The quantitative estimate of drug-likeness (QED) is 0.507. The van der Waals surface area contributed by atoms with Gasteiger partial charge in [-0.2, -0.15) is 0 Å². The topological polar surface area (TPSA) is 59.1 Å². The smallest absolute Gasteiger partial charge is 0.255 e. The summed E-state index contributed by atoms with van der Waals surface area (Å²) in [6, 6.07) is 13.3. The maximum Gasteiger partial charge on any atom is 0.255 e. The van der Waals surface area contributed by atoms with Gasteiger partial charge < -0.3 is 5.32 Å². The minimum Gasteiger partial charge on any atom is -0.348 e. The number of ketones is 1. The van der Waals surface area contributed by atoms with Crippen molar-refractivity contribution in [2.75, 3.05) is 6.54 Å². The SMILES string of the molecule is CC(=O)/C(=C/c1cccnc1)C(=O)NC/C=C/c1ccccc1. The van der Waals surface area contributed by atoms with Crippen LogP contribution < -0.4 is 5.32 Å². The molecule has 1 aromatic heterocycles. The number of aromatic nitrogens is 1. The standard InChI is InChI=1S/C19H18N2O2/c1-15(22)18(13-17-10-5-11-20-14-17)19(23)21-12-6-9-16-7-3-2-4-8-16/h2-11,13-14H,12H2,1H3,(H,21,23)/b9-6+,18-13-. The fourth-order valence-corrected chi connectivity index (χ4v) is 1.96. The number of pyridine rings is 1. The Morgan fingerprint density at radius 2 is 1.83 bits per heavy atom. The molecule has 23 heavy (non-hydrogen) atoms. The van der Waals surface area contributed by atoms with Gasteiger partial charge in [-0.15, -0.1) is 0 Å². The lowest BCUT2D eigenvalue weighted by molar-refractivity contribution is -0.121. The number of carbonyl (C=O) groups excluding carboxylic acids is 2. The number of hydrogen-bond donors (Lipinski definition) is 1. The number of carbonyl (C=O) groups is 2. The van der Waals surface area contributed by atoms with Gasteiger partial charge in [0.05, 0.1) is 5.57 Å². The summed E-state index contributed by atoms with van der Waals surface area (Å²) in [6.07, 6.45) is 8.55. The molecule has 0 spiro atoms. The van der Waals surface area contributed by atoms with Crippen LogP contribution in [0.1, 0.15) is 18.1 Å². The lowest BCUT2D eigenvalue weighted by Crippen LogP contribution is -2.27. The Morgan fingerprint density at radius 3 is 2.48 bits per heavy atom. The van der Waals surface area contributed by atoms with Crippen LogP contribution in [0.25, 0.3) is 12.2 Å². The van der Waals surface area contributed by atoms with Gasteiger partial charge in [-0.25, -0.2) is 0 Å². The largest absolute Gasteiger partial charge is 0.348 e. The summed E-state index contributed by atoms with van der Waals surface area (Å²) in [5, 5.41) is 2.72. The lowest BCUT2D eigenvalue weighted by Gasteiger charge is -2.04. The van der Waals surface area contributed by atoms with Crippen molar-refractivity contribution in [3.63, 3.8) is 0 Å². The Balaban J connectivity index is 1.98. The van der Waals surface area contributed by atoms with E-state index in [0.29, 0.717) is 12.1 Å². The number of amides is 1. The molecule has 0 aliphatic carbocycles. The first-order chi connectivity index (χ1) is 11.2. The molecular weight excluding hydrogens is 288 g/mol. The predicted octanol–water partition coefficient (Wildman–Crippen LogP) is 2.88. The van der Waals surface area contributed by atoms with Gasteiger partial charge in [0, 0.05) is 18.9 Å². The molecular formula is C19H18N2O2. The molecule has 1 heterocycles. The van der Waals surface area contributed by atoms with Gasteiger partial charge in [0.25, 0.3) is 5.91 Å². The van der Waals surface area contributed by atoms with Crippen LogP contribution >= 0.6 is 0 Å². The molecule has 116 valence electrons. The number of benzene rings is 1. The molecule has 0 bridgehead atoms. The zero-order chi connectivity index (χ0) is 16.5. The third kappa shape index (κ3) is 5.36. The molecule has 0 radical (unpaired) electrons. The van der Waals surface area contributed by atoms with Gasteiger partial charge in [0.1, 0.15) is 0 Å². The lowest BCUT2D eigenvalue weighted by atomic mass is 10.1. The van der Waals surface area contributed by atoms with Crippen LogP contribution in [-0.2, 0) is 9.59 Å². The highest BCUT2D eigenvalue weighted by molar-refractivity contribution is 6.21. The summed E-state index contributed by atoms with van der Waals surface area (Å²) in [6.45, 7) is 1.73. The van der Waals surface area contributed by atoms with E-state index in [1.54, 1.807) is 30.6 Å². The van der Waals surface area contributed by atoms with Gasteiger partial charge in [-0.05, 0) is 30.2 Å². The van der Waals surface area contributed by atoms with Gasteiger partial charge >= 0.3 is 0 Å². The van der Waals surface area contributed by atoms with E-state index in [1.165, 1.54) is 6.92 Å². The molecule has 0 unspecified atom stereocenters. The second-order valence-electron chi connectivity index (χ2n) is 4.92. The highest BCUT2D eigenvalue weighted by Gasteiger charge is 2.13. The van der Waals surface area contributed by atoms with Crippen molar-refractivity contribution in [3.8, 4) is 0 Å². The molecule has 4 heteroatoms. The highest BCUT2D eigenvalue weighted by Crippen LogP contribution is 2.07. The minimum absolute atomic E-state index is 0.117. The number of nitrogens with zero attached hydrogens (tertiary/aromatic N) is 1. The summed E-state index contributed by atoms with van der Waals surface area (Å²) in [7, 11) is 0. The first-order valence-electron chi connectivity index (χ1n) is 7.29. The Hall–Kier alpha value is -3.01. The molecule has 0 aliphatic heterocycles. The molecule has 4 nitrogen and oxygen atoms in total. The Bertz CT molecular complexity index is 720. The zero-order valence-corrected chi connectivity index (χ0v) is 12.9. The minimum atomic E-state index is -0.390. The van der Waals surface area contributed by atoms with Crippen molar-refractivity contribution in [1.29, 1.82) is 0 Å². The number of Topliss-reactive ketones (excluding diaryl/α,β-unsaturated/α-hetero) is 1. The summed E-state index contributed by atoms with van der Waals surface area (Å²) in [5.41, 5.74) is 1.89. The van der Waals surface area contributed by atoms with Crippen LogP contribution in [0.15, 0.2) is 66.5 Å². The van der Waals surface area contributed by atoms with E-state index < -0.39 is 0 Å². The zero-order valence-electron chi connectivity index (χ0n) is 12.9. The summed E-state index contributed by atoms with van der Waals surface area (Å²) >= 11 is 0. The number of rotatable bonds is 6. The molecule has 0 saturated heterocycles. The van der Waals surface area contributed by atoms with Crippen LogP contribution in [-0.4, -0.2) is 23.2 Å². The average Bonchev–Trinajstić information content (AvgIpc) is 2.58. The van der Waals surface area contributed by atoms with Crippen LogP contribution in [0.3, 0.4) is 0 Å². The van der Waals surface area contributed by atoms with Crippen molar-refractivity contribution < 1.29 is 9.59 Å². The summed E-state index contributed by atoms with van der Waals surface area (Å²) < 4.78 is 0. The van der Waals surface area contributed by atoms with Crippen LogP contribution in [0, 0.1) is 0 Å². The fourth-order valence-electron chi connectivity index (χ4n) is 1.96. The molecule has 0 aliphatic rings. The van der Waals surface area contributed by atoms with Crippen molar-refractivity contribution in [2.45, 2.75) is 6.92 Å². The van der Waals surface area contributed by atoms with E-state index >= 15 is 0 Å². The normalized spacial score (nSPS) is 11.4. The van der Waals surface area contributed by atoms with E-state index in [4.69, 9.17) is 0 Å². The molecule has 0 saturated carbocycles. The van der Waals surface area contributed by atoms with Gasteiger partial charge in [-0.3, -0.25) is 14.6 Å². The first-order valence-corrected chi connectivity index (χ1v) is 7.29. The molecule has 0 atom stereocenters. The molecule has 2 aromatic rings. The second kappa shape index (κ2) is 8.44. The van der Waals surface area contributed by atoms with Crippen molar-refractivity contribution in [3.05, 3.63) is 77.6 Å². The Labute approximate surface area is 135 Å². The molecule has 2 rings (SSSR count). The number of nitrogens with one attached hydrogen (secondary N) is 1. The van der Waals surface area contributed by atoms with E-state index in [9.17, 15) is 9.59 Å². The van der Waals surface area contributed by atoms with Gasteiger partial charge in [0.2, 0.25) is 0 Å². The van der Waals surface area contributed by atoms with Crippen LogP contribution in [0.2, 0.25) is 0 Å².